The van der Waals surface area contributed by atoms with Crippen LogP contribution in [0.1, 0.15) is 6.92 Å². The fourth-order valence-corrected chi connectivity index (χ4v) is 3.01. The van der Waals surface area contributed by atoms with Crippen LogP contribution in [0.15, 0.2) is 29.2 Å². The number of hydrogen-bond donors (Lipinski definition) is 1. The molecule has 0 unspecified atom stereocenters. The van der Waals surface area contributed by atoms with Crippen LogP contribution >= 0.6 is 0 Å². The zero-order chi connectivity index (χ0) is 18.1. The van der Waals surface area contributed by atoms with Gasteiger partial charge >= 0.3 is 0 Å². The Kier molecular flexibility index (Phi) is 4.97. The molecule has 0 radical (unpaired) electrons. The highest BCUT2D eigenvalue weighted by Crippen LogP contribution is 2.28. The van der Waals surface area contributed by atoms with Gasteiger partial charge in [0.1, 0.15) is 5.75 Å². The molecule has 0 aliphatic heterocycles. The molecule has 4 nitrogen and oxygen atoms in total. The molecule has 0 aromatic heterocycles. The standard InChI is InChI=1S/C14H10F5NO3S/c1-2-23-8-5-3-7(4-6-8)20-24(21,22)14-12(18)10(16)9(15)11(17)13(14)19/h3-6,20H,2H2,1H3. The van der Waals surface area contributed by atoms with Gasteiger partial charge in [-0.05, 0) is 31.2 Å². The van der Waals surface area contributed by atoms with Crippen molar-refractivity contribution in [1.82, 2.24) is 0 Å². The van der Waals surface area contributed by atoms with Crippen LogP contribution in [-0.2, 0) is 10.0 Å². The summed E-state index contributed by atoms with van der Waals surface area (Å²) in [7, 11) is -5.05. The number of halogens is 5. The SMILES string of the molecule is CCOc1ccc(NS(=O)(=O)c2c(F)c(F)c(F)c(F)c2F)cc1. The van der Waals surface area contributed by atoms with E-state index in [1.54, 1.807) is 11.6 Å². The monoisotopic (exact) mass is 367 g/mol. The van der Waals surface area contributed by atoms with Gasteiger partial charge in [0.05, 0.1) is 6.61 Å². The highest BCUT2D eigenvalue weighted by Gasteiger charge is 2.33. The molecule has 24 heavy (non-hydrogen) atoms. The van der Waals surface area contributed by atoms with E-state index in [4.69, 9.17) is 4.74 Å². The molecule has 0 saturated carbocycles. The van der Waals surface area contributed by atoms with Crippen molar-refractivity contribution >= 4 is 15.7 Å². The number of rotatable bonds is 5. The van der Waals surface area contributed by atoms with E-state index in [9.17, 15) is 30.4 Å². The van der Waals surface area contributed by atoms with Crippen molar-refractivity contribution in [2.75, 3.05) is 11.3 Å². The average Bonchev–Trinajstić information content (AvgIpc) is 2.53. The lowest BCUT2D eigenvalue weighted by atomic mass is 10.3. The zero-order valence-electron chi connectivity index (χ0n) is 12.0. The molecule has 0 heterocycles. The smallest absolute Gasteiger partial charge is 0.267 e. The van der Waals surface area contributed by atoms with E-state index in [0.29, 0.717) is 12.4 Å². The third-order valence-corrected chi connectivity index (χ3v) is 4.26. The van der Waals surface area contributed by atoms with Crippen LogP contribution < -0.4 is 9.46 Å². The Morgan fingerprint density at radius 2 is 1.33 bits per heavy atom. The second-order valence-electron chi connectivity index (χ2n) is 4.46. The minimum absolute atomic E-state index is 0.151. The van der Waals surface area contributed by atoms with Gasteiger partial charge in [0.25, 0.3) is 10.0 Å². The van der Waals surface area contributed by atoms with Gasteiger partial charge in [-0.25, -0.2) is 30.4 Å². The normalized spacial score (nSPS) is 11.4. The van der Waals surface area contributed by atoms with Gasteiger partial charge in [0.2, 0.25) is 5.82 Å². The summed E-state index contributed by atoms with van der Waals surface area (Å²) in [5.41, 5.74) is -0.151. The van der Waals surface area contributed by atoms with E-state index in [2.05, 4.69) is 0 Å². The van der Waals surface area contributed by atoms with Crippen molar-refractivity contribution in [3.63, 3.8) is 0 Å². The van der Waals surface area contributed by atoms with E-state index in [-0.39, 0.29) is 5.69 Å². The number of ether oxygens (including phenoxy) is 1. The molecule has 0 amide bonds. The molecule has 2 aromatic rings. The third-order valence-electron chi connectivity index (χ3n) is 2.86. The minimum Gasteiger partial charge on any atom is -0.494 e. The summed E-state index contributed by atoms with van der Waals surface area (Å²) in [6.45, 7) is 2.08. The molecule has 0 aliphatic carbocycles. The van der Waals surface area contributed by atoms with Crippen molar-refractivity contribution < 1.29 is 35.1 Å². The zero-order valence-corrected chi connectivity index (χ0v) is 12.9. The van der Waals surface area contributed by atoms with E-state index in [0.717, 1.165) is 0 Å². The van der Waals surface area contributed by atoms with Crippen LogP contribution in [0.2, 0.25) is 0 Å². The van der Waals surface area contributed by atoms with E-state index < -0.39 is 44.0 Å². The summed E-state index contributed by atoms with van der Waals surface area (Å²) in [4.78, 5) is -1.95. The summed E-state index contributed by atoms with van der Waals surface area (Å²) in [6.07, 6.45) is 0. The van der Waals surface area contributed by atoms with Gasteiger partial charge in [0.15, 0.2) is 28.2 Å². The largest absolute Gasteiger partial charge is 0.494 e. The summed E-state index contributed by atoms with van der Waals surface area (Å²) in [5, 5.41) is 0. The Hall–Kier alpha value is -2.36. The van der Waals surface area contributed by atoms with Crippen LogP contribution in [0.4, 0.5) is 27.6 Å². The molecule has 130 valence electrons. The van der Waals surface area contributed by atoms with Crippen molar-refractivity contribution in [3.8, 4) is 5.75 Å². The number of nitrogens with one attached hydrogen (secondary N) is 1. The highest BCUT2D eigenvalue weighted by atomic mass is 32.2. The Bertz CT molecular complexity index is 840. The fourth-order valence-electron chi connectivity index (χ4n) is 1.81. The molecular weight excluding hydrogens is 357 g/mol. The maximum atomic E-state index is 13.6. The lowest BCUT2D eigenvalue weighted by Gasteiger charge is -2.12. The van der Waals surface area contributed by atoms with Gasteiger partial charge in [-0.1, -0.05) is 0 Å². The van der Waals surface area contributed by atoms with Gasteiger partial charge in [-0.2, -0.15) is 0 Å². The number of hydrogen-bond acceptors (Lipinski definition) is 3. The Labute approximate surface area is 133 Å². The molecule has 0 saturated heterocycles. The lowest BCUT2D eigenvalue weighted by Crippen LogP contribution is -2.19. The first-order chi connectivity index (χ1) is 11.2. The molecule has 0 aliphatic rings. The molecular formula is C14H10F5NO3S. The summed E-state index contributed by atoms with van der Waals surface area (Å²) in [5.74, 6) is -11.6. The first kappa shape index (κ1) is 18.0. The van der Waals surface area contributed by atoms with Gasteiger partial charge in [0, 0.05) is 5.69 Å². The van der Waals surface area contributed by atoms with E-state index in [1.165, 1.54) is 24.3 Å². The fraction of sp³-hybridized carbons (Fsp3) is 0.143. The van der Waals surface area contributed by atoms with Crippen LogP contribution in [0, 0.1) is 29.1 Å². The van der Waals surface area contributed by atoms with Crippen LogP contribution in [0.25, 0.3) is 0 Å². The lowest BCUT2D eigenvalue weighted by molar-refractivity contribution is 0.340. The first-order valence-corrected chi connectivity index (χ1v) is 7.94. The molecule has 0 atom stereocenters. The van der Waals surface area contributed by atoms with Crippen LogP contribution in [-0.4, -0.2) is 15.0 Å². The van der Waals surface area contributed by atoms with Gasteiger partial charge in [-0.3, -0.25) is 4.72 Å². The first-order valence-electron chi connectivity index (χ1n) is 6.46. The predicted molar refractivity (Wildman–Crippen MR) is 74.7 cm³/mol. The summed E-state index contributed by atoms with van der Waals surface area (Å²) in [6, 6.07) is 5.13. The predicted octanol–water partition coefficient (Wildman–Crippen LogP) is 3.58. The third kappa shape index (κ3) is 3.28. The van der Waals surface area contributed by atoms with Crippen molar-refractivity contribution in [2.45, 2.75) is 11.8 Å². The molecule has 10 heteroatoms. The molecule has 1 N–H and O–H groups in total. The molecule has 0 bridgehead atoms. The van der Waals surface area contributed by atoms with Crippen molar-refractivity contribution in [2.24, 2.45) is 0 Å². The average molecular weight is 367 g/mol. The van der Waals surface area contributed by atoms with Gasteiger partial charge in [-0.15, -0.1) is 0 Å². The number of sulfonamides is 1. The maximum absolute atomic E-state index is 13.6. The van der Waals surface area contributed by atoms with E-state index in [1.807, 2.05) is 0 Å². The number of anilines is 1. The Morgan fingerprint density at radius 3 is 1.79 bits per heavy atom. The highest BCUT2D eigenvalue weighted by molar-refractivity contribution is 7.92. The minimum atomic E-state index is -5.05. The maximum Gasteiger partial charge on any atom is 0.267 e. The van der Waals surface area contributed by atoms with Gasteiger partial charge < -0.3 is 4.74 Å². The Balaban J connectivity index is 2.45. The molecule has 0 spiro atoms. The van der Waals surface area contributed by atoms with Crippen LogP contribution in [0.3, 0.4) is 0 Å². The second kappa shape index (κ2) is 6.63. The number of benzene rings is 2. The summed E-state index contributed by atoms with van der Waals surface area (Å²) < 4.78 is 97.3. The van der Waals surface area contributed by atoms with E-state index >= 15 is 0 Å². The van der Waals surface area contributed by atoms with Crippen LogP contribution in [0.5, 0.6) is 5.75 Å². The van der Waals surface area contributed by atoms with Crippen molar-refractivity contribution in [1.29, 1.82) is 0 Å². The Morgan fingerprint density at radius 1 is 0.875 bits per heavy atom. The van der Waals surface area contributed by atoms with Crippen molar-refractivity contribution in [3.05, 3.63) is 53.4 Å². The molecule has 0 fully saturated rings. The summed E-state index contributed by atoms with van der Waals surface area (Å²) >= 11 is 0. The molecule has 2 aromatic carbocycles. The quantitative estimate of drug-likeness (QED) is 0.499. The topological polar surface area (TPSA) is 55.4 Å². The second-order valence-corrected chi connectivity index (χ2v) is 6.08. The molecule has 2 rings (SSSR count).